The quantitative estimate of drug-likeness (QED) is 0.752. The van der Waals surface area contributed by atoms with Crippen molar-refractivity contribution in [1.82, 2.24) is 0 Å². The monoisotopic (exact) mass is 357 g/mol. The van der Waals surface area contributed by atoms with Gasteiger partial charge >= 0.3 is 6.18 Å². The third-order valence-corrected chi connectivity index (χ3v) is 4.09. The maximum atomic E-state index is 12.7. The van der Waals surface area contributed by atoms with Gasteiger partial charge in [-0.1, -0.05) is 23.7 Å². The van der Waals surface area contributed by atoms with Crippen molar-refractivity contribution in [2.45, 2.75) is 31.5 Å². The minimum absolute atomic E-state index is 0.373. The van der Waals surface area contributed by atoms with E-state index in [1.807, 2.05) is 19.1 Å². The Morgan fingerprint density at radius 2 is 1.50 bits per heavy atom. The van der Waals surface area contributed by atoms with Gasteiger partial charge < -0.3 is 10.5 Å². The number of halogens is 4. The molecule has 0 spiro atoms. The van der Waals surface area contributed by atoms with Crippen LogP contribution >= 0.6 is 11.6 Å². The molecule has 0 aliphatic heterocycles. The van der Waals surface area contributed by atoms with Crippen molar-refractivity contribution in [2.24, 2.45) is 5.73 Å². The minimum atomic E-state index is -4.36. The molecule has 6 heteroatoms. The smallest absolute Gasteiger partial charge is 0.416 e. The molecule has 0 radical (unpaired) electrons. The Balaban J connectivity index is 2.26. The SMILES string of the molecule is CC(CCCN)(Oc1ccc(C(F)(F)F)cc1)c1ccc(Cl)cc1. The van der Waals surface area contributed by atoms with Gasteiger partial charge in [0.25, 0.3) is 0 Å². The fourth-order valence-electron chi connectivity index (χ4n) is 2.47. The summed E-state index contributed by atoms with van der Waals surface area (Å²) in [4.78, 5) is 0. The molecular formula is C18H19ClF3NO. The van der Waals surface area contributed by atoms with Gasteiger partial charge in [0.05, 0.1) is 5.56 Å². The highest BCUT2D eigenvalue weighted by Gasteiger charge is 2.31. The molecule has 0 aromatic heterocycles. The van der Waals surface area contributed by atoms with Crippen LogP contribution in [-0.4, -0.2) is 6.54 Å². The largest absolute Gasteiger partial charge is 0.483 e. The van der Waals surface area contributed by atoms with Crippen molar-refractivity contribution in [1.29, 1.82) is 0 Å². The van der Waals surface area contributed by atoms with E-state index in [1.165, 1.54) is 12.1 Å². The van der Waals surface area contributed by atoms with Crippen molar-refractivity contribution in [3.8, 4) is 5.75 Å². The lowest BCUT2D eigenvalue weighted by molar-refractivity contribution is -0.137. The molecule has 0 saturated heterocycles. The molecule has 2 aromatic carbocycles. The molecule has 1 atom stereocenters. The topological polar surface area (TPSA) is 35.2 Å². The van der Waals surface area contributed by atoms with Crippen LogP contribution in [0.5, 0.6) is 5.75 Å². The van der Waals surface area contributed by atoms with Crippen LogP contribution in [0.2, 0.25) is 5.02 Å². The lowest BCUT2D eigenvalue weighted by Gasteiger charge is -2.31. The van der Waals surface area contributed by atoms with E-state index in [4.69, 9.17) is 22.1 Å². The zero-order chi connectivity index (χ0) is 17.8. The van der Waals surface area contributed by atoms with Crippen LogP contribution in [0.15, 0.2) is 48.5 Å². The van der Waals surface area contributed by atoms with Gasteiger partial charge in [-0.15, -0.1) is 0 Å². The van der Waals surface area contributed by atoms with Crippen LogP contribution in [0.4, 0.5) is 13.2 Å². The van der Waals surface area contributed by atoms with E-state index in [1.54, 1.807) is 12.1 Å². The average Bonchev–Trinajstić information content (AvgIpc) is 2.53. The summed E-state index contributed by atoms with van der Waals surface area (Å²) in [6, 6.07) is 11.9. The van der Waals surface area contributed by atoms with Crippen LogP contribution in [0.3, 0.4) is 0 Å². The van der Waals surface area contributed by atoms with Crippen LogP contribution < -0.4 is 10.5 Å². The molecular weight excluding hydrogens is 339 g/mol. The average molecular weight is 358 g/mol. The second-order valence-electron chi connectivity index (χ2n) is 5.75. The van der Waals surface area contributed by atoms with Gasteiger partial charge in [-0.2, -0.15) is 13.2 Å². The van der Waals surface area contributed by atoms with E-state index in [-0.39, 0.29) is 0 Å². The Morgan fingerprint density at radius 3 is 2.00 bits per heavy atom. The Hall–Kier alpha value is -1.72. The normalized spacial score (nSPS) is 14.2. The Kier molecular flexibility index (Phi) is 5.78. The van der Waals surface area contributed by atoms with E-state index in [9.17, 15) is 13.2 Å². The molecule has 130 valence electrons. The molecule has 0 saturated carbocycles. The lowest BCUT2D eigenvalue weighted by Crippen LogP contribution is -2.30. The summed E-state index contributed by atoms with van der Waals surface area (Å²) in [5.41, 5.74) is 5.08. The fraction of sp³-hybridized carbons (Fsp3) is 0.333. The van der Waals surface area contributed by atoms with E-state index in [0.717, 1.165) is 24.1 Å². The van der Waals surface area contributed by atoms with E-state index in [0.29, 0.717) is 23.7 Å². The predicted octanol–water partition coefficient (Wildman–Crippen LogP) is 5.39. The van der Waals surface area contributed by atoms with Crippen molar-refractivity contribution < 1.29 is 17.9 Å². The van der Waals surface area contributed by atoms with Gasteiger partial charge in [0, 0.05) is 5.02 Å². The minimum Gasteiger partial charge on any atom is -0.483 e. The highest BCUT2D eigenvalue weighted by Crippen LogP contribution is 2.35. The first-order valence-corrected chi connectivity index (χ1v) is 7.95. The number of ether oxygens (including phenoxy) is 1. The van der Waals surface area contributed by atoms with Gasteiger partial charge in [-0.25, -0.2) is 0 Å². The molecule has 0 aliphatic rings. The molecule has 0 bridgehead atoms. The van der Waals surface area contributed by atoms with Gasteiger partial charge in [0.1, 0.15) is 11.4 Å². The molecule has 1 unspecified atom stereocenters. The van der Waals surface area contributed by atoms with Gasteiger partial charge in [-0.3, -0.25) is 0 Å². The number of alkyl halides is 3. The Morgan fingerprint density at radius 1 is 0.958 bits per heavy atom. The third-order valence-electron chi connectivity index (χ3n) is 3.84. The second-order valence-corrected chi connectivity index (χ2v) is 6.19. The van der Waals surface area contributed by atoms with Crippen LogP contribution in [0.1, 0.15) is 30.9 Å². The maximum absolute atomic E-state index is 12.7. The van der Waals surface area contributed by atoms with Crippen molar-refractivity contribution in [3.63, 3.8) is 0 Å². The number of rotatable bonds is 6. The van der Waals surface area contributed by atoms with Crippen molar-refractivity contribution >= 4 is 11.6 Å². The lowest BCUT2D eigenvalue weighted by atomic mass is 9.90. The predicted molar refractivity (Wildman–Crippen MR) is 89.2 cm³/mol. The summed E-state index contributed by atoms with van der Waals surface area (Å²) in [6.07, 6.45) is -3.01. The Labute approximate surface area is 144 Å². The summed E-state index contributed by atoms with van der Waals surface area (Å²) >= 11 is 5.92. The standard InChI is InChI=1S/C18H19ClF3NO/c1-17(11-2-12-23,13-3-7-15(19)8-4-13)24-16-9-5-14(6-10-16)18(20,21)22/h3-10H,2,11-12,23H2,1H3. The number of hydrogen-bond donors (Lipinski definition) is 1. The molecule has 0 heterocycles. The summed E-state index contributed by atoms with van der Waals surface area (Å²) in [5.74, 6) is 0.373. The fourth-order valence-corrected chi connectivity index (χ4v) is 2.59. The number of hydrogen-bond acceptors (Lipinski definition) is 2. The molecule has 2 N–H and O–H groups in total. The zero-order valence-corrected chi connectivity index (χ0v) is 14.0. The zero-order valence-electron chi connectivity index (χ0n) is 13.2. The first kappa shape index (κ1) is 18.6. The van der Waals surface area contributed by atoms with Crippen LogP contribution in [0.25, 0.3) is 0 Å². The van der Waals surface area contributed by atoms with E-state index in [2.05, 4.69) is 0 Å². The highest BCUT2D eigenvalue weighted by molar-refractivity contribution is 6.30. The molecule has 2 nitrogen and oxygen atoms in total. The van der Waals surface area contributed by atoms with Gasteiger partial charge in [-0.05, 0) is 68.3 Å². The van der Waals surface area contributed by atoms with Crippen LogP contribution in [-0.2, 0) is 11.8 Å². The van der Waals surface area contributed by atoms with Crippen molar-refractivity contribution in [3.05, 3.63) is 64.7 Å². The van der Waals surface area contributed by atoms with Crippen molar-refractivity contribution in [2.75, 3.05) is 6.54 Å². The highest BCUT2D eigenvalue weighted by atomic mass is 35.5. The van der Waals surface area contributed by atoms with E-state index >= 15 is 0 Å². The van der Waals surface area contributed by atoms with Gasteiger partial charge in [0.2, 0.25) is 0 Å². The van der Waals surface area contributed by atoms with Gasteiger partial charge in [0.15, 0.2) is 0 Å². The second kappa shape index (κ2) is 7.45. The third kappa shape index (κ3) is 4.65. The first-order valence-electron chi connectivity index (χ1n) is 7.57. The summed E-state index contributed by atoms with van der Waals surface area (Å²) in [6.45, 7) is 2.39. The summed E-state index contributed by atoms with van der Waals surface area (Å²) in [7, 11) is 0. The molecule has 0 fully saturated rings. The molecule has 0 amide bonds. The van der Waals surface area contributed by atoms with E-state index < -0.39 is 17.3 Å². The number of benzene rings is 2. The molecule has 2 rings (SSSR count). The summed E-state index contributed by atoms with van der Waals surface area (Å²) < 4.78 is 44.0. The summed E-state index contributed by atoms with van der Waals surface area (Å²) in [5, 5.41) is 0.606. The Bertz CT molecular complexity index is 655. The molecule has 0 aliphatic carbocycles. The molecule has 24 heavy (non-hydrogen) atoms. The number of nitrogens with two attached hydrogens (primary N) is 1. The maximum Gasteiger partial charge on any atom is 0.416 e. The molecule has 2 aromatic rings. The first-order chi connectivity index (χ1) is 11.2. The van der Waals surface area contributed by atoms with Crippen LogP contribution in [0, 0.1) is 0 Å².